The molecule has 0 aliphatic rings. The predicted octanol–water partition coefficient (Wildman–Crippen LogP) is 2.13. The Kier molecular flexibility index (Phi) is 2.60. The van der Waals surface area contributed by atoms with E-state index in [0.29, 0.717) is 0 Å². The van der Waals surface area contributed by atoms with Gasteiger partial charge in [0, 0.05) is 5.69 Å². The Labute approximate surface area is 109 Å². The fourth-order valence-corrected chi connectivity index (χ4v) is 1.94. The SMILES string of the molecule is O=c1[nH]cnc2nc(C(F)(F)F)n(-c3ccccc3)c12. The zero-order chi connectivity index (χ0) is 14.3. The van der Waals surface area contributed by atoms with Crippen LogP contribution in [-0.2, 0) is 6.18 Å². The third-order valence-corrected chi connectivity index (χ3v) is 2.72. The van der Waals surface area contributed by atoms with Crippen molar-refractivity contribution in [2.45, 2.75) is 6.18 Å². The molecular formula is C12H7F3N4O. The second kappa shape index (κ2) is 4.19. The van der Waals surface area contributed by atoms with Crippen molar-refractivity contribution in [2.24, 2.45) is 0 Å². The van der Waals surface area contributed by atoms with E-state index in [1.165, 1.54) is 12.1 Å². The van der Waals surface area contributed by atoms with Gasteiger partial charge in [0.25, 0.3) is 5.56 Å². The van der Waals surface area contributed by atoms with Crippen LogP contribution < -0.4 is 5.56 Å². The maximum atomic E-state index is 13.1. The standard InChI is InChI=1S/C12H7F3N4O/c13-12(14,15)11-18-9-8(10(20)17-6-16-9)19(11)7-4-2-1-3-5-7/h1-6H,(H,16,17,20). The summed E-state index contributed by atoms with van der Waals surface area (Å²) >= 11 is 0. The number of aromatic amines is 1. The van der Waals surface area contributed by atoms with Gasteiger partial charge in [-0.25, -0.2) is 9.97 Å². The second-order valence-electron chi connectivity index (χ2n) is 4.01. The van der Waals surface area contributed by atoms with Crippen LogP contribution in [-0.4, -0.2) is 19.5 Å². The minimum Gasteiger partial charge on any atom is -0.311 e. The van der Waals surface area contributed by atoms with Gasteiger partial charge in [0.05, 0.1) is 6.33 Å². The summed E-state index contributed by atoms with van der Waals surface area (Å²) in [6, 6.07) is 7.74. The van der Waals surface area contributed by atoms with Gasteiger partial charge < -0.3 is 4.98 Å². The van der Waals surface area contributed by atoms with Gasteiger partial charge in [0.2, 0.25) is 5.82 Å². The number of aromatic nitrogens is 4. The molecule has 0 aliphatic heterocycles. The monoisotopic (exact) mass is 280 g/mol. The molecule has 1 aromatic carbocycles. The van der Waals surface area contributed by atoms with E-state index in [1.807, 2.05) is 0 Å². The summed E-state index contributed by atoms with van der Waals surface area (Å²) in [6.45, 7) is 0. The lowest BCUT2D eigenvalue weighted by Crippen LogP contribution is -2.16. The Morgan fingerprint density at radius 2 is 1.85 bits per heavy atom. The largest absolute Gasteiger partial charge is 0.450 e. The second-order valence-corrected chi connectivity index (χ2v) is 4.01. The molecule has 1 N–H and O–H groups in total. The molecule has 8 heteroatoms. The Morgan fingerprint density at radius 1 is 1.15 bits per heavy atom. The number of H-pyrrole nitrogens is 1. The third-order valence-electron chi connectivity index (χ3n) is 2.72. The van der Waals surface area contributed by atoms with E-state index in [4.69, 9.17) is 0 Å². The molecule has 2 heterocycles. The predicted molar refractivity (Wildman–Crippen MR) is 64.5 cm³/mol. The Hall–Kier alpha value is -2.64. The number of fused-ring (bicyclic) bond motifs is 1. The Morgan fingerprint density at radius 3 is 2.50 bits per heavy atom. The highest BCUT2D eigenvalue weighted by Crippen LogP contribution is 2.32. The van der Waals surface area contributed by atoms with Crippen LogP contribution in [0.25, 0.3) is 16.9 Å². The minimum absolute atomic E-state index is 0.195. The molecule has 0 bridgehead atoms. The van der Waals surface area contributed by atoms with E-state index < -0.39 is 17.6 Å². The number of imidazole rings is 1. The van der Waals surface area contributed by atoms with E-state index in [-0.39, 0.29) is 16.9 Å². The summed E-state index contributed by atoms with van der Waals surface area (Å²) in [5.41, 5.74) is -0.960. The van der Waals surface area contributed by atoms with Gasteiger partial charge >= 0.3 is 6.18 Å². The molecule has 3 rings (SSSR count). The van der Waals surface area contributed by atoms with Crippen molar-refractivity contribution >= 4 is 11.2 Å². The van der Waals surface area contributed by atoms with Crippen LogP contribution >= 0.6 is 0 Å². The maximum Gasteiger partial charge on any atom is 0.450 e. The molecule has 0 spiro atoms. The summed E-state index contributed by atoms with van der Waals surface area (Å²) in [5.74, 6) is -1.18. The van der Waals surface area contributed by atoms with Crippen LogP contribution in [0.1, 0.15) is 5.82 Å². The number of hydrogen-bond acceptors (Lipinski definition) is 3. The van der Waals surface area contributed by atoms with Crippen molar-refractivity contribution in [1.29, 1.82) is 0 Å². The minimum atomic E-state index is -4.69. The molecule has 0 atom stereocenters. The van der Waals surface area contributed by atoms with Gasteiger partial charge in [0.1, 0.15) is 0 Å². The molecular weight excluding hydrogens is 273 g/mol. The first-order chi connectivity index (χ1) is 9.48. The first kappa shape index (κ1) is 12.4. The molecule has 0 saturated heterocycles. The molecule has 0 saturated carbocycles. The zero-order valence-corrected chi connectivity index (χ0v) is 9.85. The van der Waals surface area contributed by atoms with Crippen LogP contribution in [0.4, 0.5) is 13.2 Å². The van der Waals surface area contributed by atoms with Crippen molar-refractivity contribution in [2.75, 3.05) is 0 Å². The summed E-state index contributed by atoms with van der Waals surface area (Å²) in [6.07, 6.45) is -3.67. The highest BCUT2D eigenvalue weighted by atomic mass is 19.4. The average Bonchev–Trinajstić information content (AvgIpc) is 2.80. The molecule has 0 radical (unpaired) electrons. The van der Waals surface area contributed by atoms with Crippen molar-refractivity contribution in [3.63, 3.8) is 0 Å². The van der Waals surface area contributed by atoms with E-state index in [2.05, 4.69) is 15.0 Å². The Balaban J connectivity index is 2.47. The van der Waals surface area contributed by atoms with Gasteiger partial charge in [-0.05, 0) is 12.1 Å². The first-order valence-electron chi connectivity index (χ1n) is 5.57. The number of hydrogen-bond donors (Lipinski definition) is 1. The average molecular weight is 280 g/mol. The molecule has 102 valence electrons. The van der Waals surface area contributed by atoms with Crippen molar-refractivity contribution in [3.05, 3.63) is 52.8 Å². The van der Waals surface area contributed by atoms with Crippen LogP contribution in [0.3, 0.4) is 0 Å². The molecule has 20 heavy (non-hydrogen) atoms. The van der Waals surface area contributed by atoms with Crippen molar-refractivity contribution in [3.8, 4) is 5.69 Å². The number of nitrogens with zero attached hydrogens (tertiary/aromatic N) is 3. The summed E-state index contributed by atoms with van der Waals surface area (Å²) in [7, 11) is 0. The summed E-state index contributed by atoms with van der Waals surface area (Å²) in [4.78, 5) is 21.1. The van der Waals surface area contributed by atoms with E-state index in [1.54, 1.807) is 18.2 Å². The smallest absolute Gasteiger partial charge is 0.311 e. The highest BCUT2D eigenvalue weighted by Gasteiger charge is 2.38. The van der Waals surface area contributed by atoms with Crippen LogP contribution in [0.15, 0.2) is 41.5 Å². The van der Waals surface area contributed by atoms with E-state index >= 15 is 0 Å². The fourth-order valence-electron chi connectivity index (χ4n) is 1.94. The zero-order valence-electron chi connectivity index (χ0n) is 9.85. The lowest BCUT2D eigenvalue weighted by molar-refractivity contribution is -0.145. The maximum absolute atomic E-state index is 13.1. The van der Waals surface area contributed by atoms with Crippen LogP contribution in [0.2, 0.25) is 0 Å². The lowest BCUT2D eigenvalue weighted by atomic mass is 10.3. The number of halogens is 3. The van der Waals surface area contributed by atoms with Gasteiger partial charge in [-0.15, -0.1) is 0 Å². The number of alkyl halides is 3. The number of rotatable bonds is 1. The Bertz CT molecular complexity index is 820. The first-order valence-corrected chi connectivity index (χ1v) is 5.57. The van der Waals surface area contributed by atoms with Gasteiger partial charge in [0.15, 0.2) is 11.2 Å². The van der Waals surface area contributed by atoms with Gasteiger partial charge in [-0.3, -0.25) is 9.36 Å². The van der Waals surface area contributed by atoms with Crippen LogP contribution in [0.5, 0.6) is 0 Å². The van der Waals surface area contributed by atoms with Gasteiger partial charge in [-0.1, -0.05) is 18.2 Å². The van der Waals surface area contributed by atoms with Gasteiger partial charge in [-0.2, -0.15) is 13.2 Å². The fraction of sp³-hybridized carbons (Fsp3) is 0.0833. The summed E-state index contributed by atoms with van der Waals surface area (Å²) < 4.78 is 40.0. The molecule has 0 fully saturated rings. The van der Waals surface area contributed by atoms with Crippen molar-refractivity contribution in [1.82, 2.24) is 19.5 Å². The molecule has 3 aromatic rings. The van der Waals surface area contributed by atoms with Crippen molar-refractivity contribution < 1.29 is 13.2 Å². The number of nitrogens with one attached hydrogen (secondary N) is 1. The molecule has 2 aromatic heterocycles. The molecule has 5 nitrogen and oxygen atoms in total. The van der Waals surface area contributed by atoms with Crippen LogP contribution in [0, 0.1) is 0 Å². The van der Waals surface area contributed by atoms with E-state index in [0.717, 1.165) is 10.9 Å². The third kappa shape index (κ3) is 1.85. The molecule has 0 unspecified atom stereocenters. The number of benzene rings is 1. The summed E-state index contributed by atoms with van der Waals surface area (Å²) in [5, 5.41) is 0. The normalized spacial score (nSPS) is 11.9. The molecule has 0 aliphatic carbocycles. The quantitative estimate of drug-likeness (QED) is 0.742. The topological polar surface area (TPSA) is 63.6 Å². The lowest BCUT2D eigenvalue weighted by Gasteiger charge is -2.10. The highest BCUT2D eigenvalue weighted by molar-refractivity contribution is 5.73. The molecule has 0 amide bonds. The number of para-hydroxylation sites is 1. The van der Waals surface area contributed by atoms with E-state index in [9.17, 15) is 18.0 Å².